The summed E-state index contributed by atoms with van der Waals surface area (Å²) in [5.74, 6) is -3.59. The number of nitro groups is 1. The molecule has 0 fully saturated rings. The van der Waals surface area contributed by atoms with Crippen molar-refractivity contribution in [1.82, 2.24) is 10.6 Å². The van der Waals surface area contributed by atoms with Gasteiger partial charge in [0.25, 0.3) is 5.91 Å². The number of rotatable bonds is 5. The van der Waals surface area contributed by atoms with Gasteiger partial charge in [-0.3, -0.25) is 14.9 Å². The number of benzene rings is 1. The van der Waals surface area contributed by atoms with Gasteiger partial charge in [-0.15, -0.1) is 0 Å². The second-order valence-corrected chi connectivity index (χ2v) is 3.59. The van der Waals surface area contributed by atoms with Crippen LogP contribution in [0.15, 0.2) is 12.1 Å². The van der Waals surface area contributed by atoms with Crippen LogP contribution in [0.3, 0.4) is 0 Å². The number of amides is 3. The van der Waals surface area contributed by atoms with E-state index in [1.807, 2.05) is 0 Å². The first-order valence-electron chi connectivity index (χ1n) is 5.28. The molecule has 0 aromatic heterocycles. The van der Waals surface area contributed by atoms with Crippen molar-refractivity contribution < 1.29 is 23.3 Å². The Balaban J connectivity index is 2.82. The number of hydrogen-bond donors (Lipinski definition) is 3. The summed E-state index contributed by atoms with van der Waals surface area (Å²) in [6, 6.07) is 0.103. The molecule has 108 valence electrons. The molecule has 0 unspecified atom stereocenters. The Morgan fingerprint density at radius 1 is 1.25 bits per heavy atom. The quantitative estimate of drug-likeness (QED) is 0.408. The van der Waals surface area contributed by atoms with Crippen molar-refractivity contribution in [3.63, 3.8) is 0 Å². The summed E-state index contributed by atoms with van der Waals surface area (Å²) < 4.78 is 26.7. The number of halogens is 2. The summed E-state index contributed by atoms with van der Waals surface area (Å²) in [5.41, 5.74) is 2.84. The van der Waals surface area contributed by atoms with E-state index in [0.717, 1.165) is 0 Å². The maximum Gasteiger partial charge on any atom is 0.312 e. The van der Waals surface area contributed by atoms with Crippen LogP contribution in [0.2, 0.25) is 0 Å². The highest BCUT2D eigenvalue weighted by Crippen LogP contribution is 2.22. The van der Waals surface area contributed by atoms with Gasteiger partial charge in [0.2, 0.25) is 5.82 Å². The van der Waals surface area contributed by atoms with Gasteiger partial charge in [0.1, 0.15) is 5.82 Å². The van der Waals surface area contributed by atoms with Crippen LogP contribution in [0, 0.1) is 21.7 Å². The van der Waals surface area contributed by atoms with E-state index >= 15 is 0 Å². The first-order valence-corrected chi connectivity index (χ1v) is 5.28. The van der Waals surface area contributed by atoms with E-state index in [4.69, 9.17) is 5.73 Å². The standard InChI is InChI=1S/C10H10F2N4O4/c11-5-3-6(8(12)7(4-5)16(19)20)9(17)14-1-2-15-10(13)18/h3-4H,1-2H2,(H,14,17)(H3,13,15,18). The van der Waals surface area contributed by atoms with Gasteiger partial charge in [0.05, 0.1) is 16.6 Å². The monoisotopic (exact) mass is 288 g/mol. The first kappa shape index (κ1) is 15.3. The topological polar surface area (TPSA) is 127 Å². The number of nitrogens with two attached hydrogens (primary N) is 1. The van der Waals surface area contributed by atoms with Crippen molar-refractivity contribution in [3.05, 3.63) is 39.4 Å². The van der Waals surface area contributed by atoms with Crippen LogP contribution in [0.1, 0.15) is 10.4 Å². The molecule has 0 aliphatic rings. The Kier molecular flexibility index (Phi) is 4.89. The van der Waals surface area contributed by atoms with Gasteiger partial charge in [-0.1, -0.05) is 0 Å². The minimum Gasteiger partial charge on any atom is -0.352 e. The molecule has 4 N–H and O–H groups in total. The van der Waals surface area contributed by atoms with Gasteiger partial charge in [0.15, 0.2) is 0 Å². The lowest BCUT2D eigenvalue weighted by Gasteiger charge is -2.06. The number of carbonyl (C=O) groups excluding carboxylic acids is 2. The molecule has 0 saturated heterocycles. The fourth-order valence-electron chi connectivity index (χ4n) is 1.33. The molecule has 1 rings (SSSR count). The fraction of sp³-hybridized carbons (Fsp3) is 0.200. The van der Waals surface area contributed by atoms with Crippen LogP contribution >= 0.6 is 0 Å². The average molecular weight is 288 g/mol. The van der Waals surface area contributed by atoms with E-state index in [9.17, 15) is 28.5 Å². The van der Waals surface area contributed by atoms with Crippen molar-refractivity contribution in [1.29, 1.82) is 0 Å². The predicted octanol–water partition coefficient (Wildman–Crippen LogP) is 0.271. The van der Waals surface area contributed by atoms with E-state index in [2.05, 4.69) is 10.6 Å². The van der Waals surface area contributed by atoms with E-state index in [1.165, 1.54) is 0 Å². The van der Waals surface area contributed by atoms with Crippen LogP contribution in [-0.4, -0.2) is 30.0 Å². The van der Waals surface area contributed by atoms with E-state index in [-0.39, 0.29) is 13.1 Å². The molecule has 0 saturated carbocycles. The van der Waals surface area contributed by atoms with Crippen LogP contribution < -0.4 is 16.4 Å². The van der Waals surface area contributed by atoms with Gasteiger partial charge >= 0.3 is 11.7 Å². The third kappa shape index (κ3) is 3.86. The highest BCUT2D eigenvalue weighted by molar-refractivity contribution is 5.95. The molecule has 0 atom stereocenters. The Morgan fingerprint density at radius 2 is 1.85 bits per heavy atom. The predicted molar refractivity (Wildman–Crippen MR) is 62.9 cm³/mol. The largest absolute Gasteiger partial charge is 0.352 e. The van der Waals surface area contributed by atoms with Crippen molar-refractivity contribution in [2.24, 2.45) is 5.73 Å². The van der Waals surface area contributed by atoms with E-state index in [1.54, 1.807) is 0 Å². The molecule has 0 radical (unpaired) electrons. The van der Waals surface area contributed by atoms with Crippen LogP contribution in [0.4, 0.5) is 19.3 Å². The van der Waals surface area contributed by atoms with Crippen molar-refractivity contribution in [3.8, 4) is 0 Å². The van der Waals surface area contributed by atoms with Gasteiger partial charge < -0.3 is 16.4 Å². The summed E-state index contributed by atoms with van der Waals surface area (Å²) in [6.45, 7) is -0.133. The lowest BCUT2D eigenvalue weighted by Crippen LogP contribution is -2.37. The van der Waals surface area contributed by atoms with Crippen molar-refractivity contribution >= 4 is 17.6 Å². The zero-order chi connectivity index (χ0) is 15.3. The number of nitrogens with one attached hydrogen (secondary N) is 2. The minimum atomic E-state index is -1.43. The summed E-state index contributed by atoms with van der Waals surface area (Å²) in [7, 11) is 0. The van der Waals surface area contributed by atoms with E-state index < -0.39 is 39.7 Å². The number of primary amides is 1. The molecule has 0 spiro atoms. The first-order chi connectivity index (χ1) is 9.32. The fourth-order valence-corrected chi connectivity index (χ4v) is 1.33. The summed E-state index contributed by atoms with van der Waals surface area (Å²) >= 11 is 0. The molecule has 0 aliphatic heterocycles. The van der Waals surface area contributed by atoms with Crippen LogP contribution in [-0.2, 0) is 0 Å². The Hall–Kier alpha value is -2.78. The second kappa shape index (κ2) is 6.41. The maximum absolute atomic E-state index is 13.6. The maximum atomic E-state index is 13.6. The molecule has 8 nitrogen and oxygen atoms in total. The molecular formula is C10H10F2N4O4. The smallest absolute Gasteiger partial charge is 0.312 e. The number of urea groups is 1. The second-order valence-electron chi connectivity index (χ2n) is 3.59. The van der Waals surface area contributed by atoms with Crippen LogP contribution in [0.5, 0.6) is 0 Å². The minimum absolute atomic E-state index is 0.0277. The van der Waals surface area contributed by atoms with Gasteiger partial charge in [-0.2, -0.15) is 4.39 Å². The van der Waals surface area contributed by atoms with Gasteiger partial charge in [-0.05, 0) is 6.07 Å². The van der Waals surface area contributed by atoms with Crippen LogP contribution in [0.25, 0.3) is 0 Å². The van der Waals surface area contributed by atoms with Gasteiger partial charge in [-0.25, -0.2) is 9.18 Å². The molecule has 0 aliphatic carbocycles. The third-order valence-electron chi connectivity index (χ3n) is 2.17. The molecule has 10 heteroatoms. The SMILES string of the molecule is NC(=O)NCCNC(=O)c1cc(F)cc([N+](=O)[O-])c1F. The van der Waals surface area contributed by atoms with Gasteiger partial charge in [0, 0.05) is 13.1 Å². The lowest BCUT2D eigenvalue weighted by atomic mass is 10.1. The average Bonchev–Trinajstić information content (AvgIpc) is 2.36. The Morgan fingerprint density at radius 3 is 2.40 bits per heavy atom. The summed E-state index contributed by atoms with van der Waals surface area (Å²) in [4.78, 5) is 31.3. The van der Waals surface area contributed by atoms with Crippen molar-refractivity contribution in [2.75, 3.05) is 13.1 Å². The molecular weight excluding hydrogens is 278 g/mol. The van der Waals surface area contributed by atoms with Crippen molar-refractivity contribution in [2.45, 2.75) is 0 Å². The zero-order valence-electron chi connectivity index (χ0n) is 9.98. The summed E-state index contributed by atoms with van der Waals surface area (Å²) in [5, 5.41) is 14.8. The highest BCUT2D eigenvalue weighted by atomic mass is 19.1. The van der Waals surface area contributed by atoms with E-state index in [0.29, 0.717) is 12.1 Å². The third-order valence-corrected chi connectivity index (χ3v) is 2.17. The Bertz CT molecular complexity index is 564. The number of carbonyl (C=O) groups is 2. The normalized spacial score (nSPS) is 9.90. The molecule has 1 aromatic carbocycles. The number of nitro benzene ring substituents is 1. The molecule has 1 aromatic rings. The molecule has 0 bridgehead atoms. The summed E-state index contributed by atoms with van der Waals surface area (Å²) in [6.07, 6.45) is 0. The molecule has 3 amide bonds. The molecule has 0 heterocycles. The highest BCUT2D eigenvalue weighted by Gasteiger charge is 2.23. The number of hydrogen-bond acceptors (Lipinski definition) is 4. The molecule has 20 heavy (non-hydrogen) atoms. The zero-order valence-corrected chi connectivity index (χ0v) is 9.98. The Labute approximate surface area is 111 Å². The lowest BCUT2D eigenvalue weighted by molar-refractivity contribution is -0.387. The number of nitrogens with zero attached hydrogens (tertiary/aromatic N) is 1.